The van der Waals surface area contributed by atoms with Crippen LogP contribution >= 0.6 is 0 Å². The first-order valence-electron chi connectivity index (χ1n) is 31.2. The molecule has 0 spiro atoms. The molecule has 97 heavy (non-hydrogen) atoms. The van der Waals surface area contributed by atoms with Gasteiger partial charge in [0, 0.05) is 130 Å². The van der Waals surface area contributed by atoms with E-state index in [4.69, 9.17) is 37.9 Å². The molecule has 5 aromatic heterocycles. The van der Waals surface area contributed by atoms with Crippen molar-refractivity contribution >= 4 is 87.9 Å². The number of nitrogens with zero attached hydrogens (tertiary/aromatic N) is 8. The summed E-state index contributed by atoms with van der Waals surface area (Å²) in [5.74, 6) is -3.72. The van der Waals surface area contributed by atoms with E-state index in [-0.39, 0.29) is 110 Å². The number of benzene rings is 1. The molecule has 9 amide bonds. The van der Waals surface area contributed by atoms with Crippen LogP contribution in [0.5, 0.6) is 0 Å². The monoisotopic (exact) mass is 1350 g/mol. The van der Waals surface area contributed by atoms with E-state index in [0.29, 0.717) is 105 Å². The number of carbonyl (C=O) groups excluding carboxylic acids is 9. The first-order chi connectivity index (χ1) is 46.8. The Hall–Kier alpha value is -9.94. The highest BCUT2D eigenvalue weighted by molar-refractivity contribution is 6.05. The first kappa shape index (κ1) is 76.1. The molecule has 5 heterocycles. The largest absolute Gasteiger partial charge is 0.377 e. The number of hydrogen-bond acceptors (Lipinski definition) is 20. The van der Waals surface area contributed by atoms with Gasteiger partial charge in [0.1, 0.15) is 11.4 Å². The molecular formula is C63H87N17O17. The number of aromatic nitrogens is 8. The summed E-state index contributed by atoms with van der Waals surface area (Å²) < 4.78 is 51.5. The summed E-state index contributed by atoms with van der Waals surface area (Å²) in [6, 6.07) is 10.5. The molecular weight excluding hydrogens is 1270 g/mol. The molecule has 0 atom stereocenters. The van der Waals surface area contributed by atoms with Crippen molar-refractivity contribution in [2.75, 3.05) is 158 Å². The summed E-state index contributed by atoms with van der Waals surface area (Å²) in [6.07, 6.45) is 12.7. The summed E-state index contributed by atoms with van der Waals surface area (Å²) in [6.45, 7) is 8.30. The lowest BCUT2D eigenvalue weighted by molar-refractivity contribution is -0.121. The normalized spacial score (nSPS) is 11.2. The van der Waals surface area contributed by atoms with E-state index in [0.717, 1.165) is 11.3 Å². The fraction of sp³-hybridized carbons (Fsp3) is 0.460. The van der Waals surface area contributed by atoms with Crippen LogP contribution in [0.15, 0.2) is 79.7 Å². The standard InChI is InChI=1S/C63H87N17O17/c1-44(81)69-46-11-9-45(10-12-46)8-7-22-90-24-26-92-28-30-94-32-34-96-36-37-97-35-33-95-31-29-93-27-25-91-23-20-64-53(82)13-16-68-61(87)57-74-51(42-79(57)5)72-54(83)14-17-67-60(86)50-39-48(41-78(50)4)71-63(89)58-75-52(43-80(58)6)73-55(84)15-18-66-59(85)49-38-47(40-77(49)3)70-62(88)56-65-19-21-76(56)2/h7-12,19,21,38-43H,13-18,20,22-37H2,1-6H3,(H,64,82)(H,66,85)(H,67,86)(H,68,87)(H,69,81)(H,70,88)(H,71,89)(H,72,83)(H,73,84)/b8-7+. The molecule has 0 fully saturated rings. The van der Waals surface area contributed by atoms with Crippen molar-refractivity contribution in [3.8, 4) is 0 Å². The van der Waals surface area contributed by atoms with Crippen LogP contribution in [-0.4, -0.2) is 223 Å². The minimum absolute atomic E-state index is 0.00136. The van der Waals surface area contributed by atoms with Crippen LogP contribution in [0.25, 0.3) is 6.08 Å². The fourth-order valence-electron chi connectivity index (χ4n) is 8.80. The topological polar surface area (TPSA) is 399 Å². The Morgan fingerprint density at radius 1 is 0.402 bits per heavy atom. The maximum absolute atomic E-state index is 13.3. The van der Waals surface area contributed by atoms with Gasteiger partial charge in [-0.2, -0.15) is 0 Å². The molecule has 0 saturated heterocycles. The quantitative estimate of drug-likeness (QED) is 0.0245. The molecule has 9 N–H and O–H groups in total. The van der Waals surface area contributed by atoms with Gasteiger partial charge >= 0.3 is 0 Å². The predicted octanol–water partition coefficient (Wildman–Crippen LogP) is 1.63. The summed E-state index contributed by atoms with van der Waals surface area (Å²) in [7, 11) is 8.04. The maximum Gasteiger partial charge on any atom is 0.291 e. The molecule has 0 radical (unpaired) electrons. The smallest absolute Gasteiger partial charge is 0.291 e. The second-order valence-electron chi connectivity index (χ2n) is 21.4. The summed E-state index contributed by atoms with van der Waals surface area (Å²) in [5.41, 5.74) is 2.83. The zero-order valence-corrected chi connectivity index (χ0v) is 55.4. The Morgan fingerprint density at radius 3 is 1.26 bits per heavy atom. The van der Waals surface area contributed by atoms with Gasteiger partial charge in [0.2, 0.25) is 35.3 Å². The van der Waals surface area contributed by atoms with Crippen LogP contribution in [0.1, 0.15) is 84.6 Å². The van der Waals surface area contributed by atoms with E-state index < -0.39 is 41.4 Å². The molecule has 526 valence electrons. The zero-order chi connectivity index (χ0) is 69.7. The molecule has 34 nitrogen and oxygen atoms in total. The fourth-order valence-corrected chi connectivity index (χ4v) is 8.80. The Kier molecular flexibility index (Phi) is 32.8. The van der Waals surface area contributed by atoms with E-state index >= 15 is 0 Å². The van der Waals surface area contributed by atoms with Gasteiger partial charge in [-0.3, -0.25) is 43.2 Å². The third-order valence-electron chi connectivity index (χ3n) is 13.6. The van der Waals surface area contributed by atoms with E-state index in [2.05, 4.69) is 62.8 Å². The Balaban J connectivity index is 0.705. The van der Waals surface area contributed by atoms with Crippen molar-refractivity contribution in [3.05, 3.63) is 114 Å². The molecule has 6 aromatic rings. The Morgan fingerprint density at radius 2 is 0.814 bits per heavy atom. The van der Waals surface area contributed by atoms with Gasteiger partial charge in [-0.1, -0.05) is 24.3 Å². The van der Waals surface area contributed by atoms with Crippen LogP contribution < -0.4 is 47.9 Å². The van der Waals surface area contributed by atoms with Gasteiger partial charge in [0.25, 0.3) is 29.5 Å². The van der Waals surface area contributed by atoms with E-state index in [1.54, 1.807) is 52.2 Å². The predicted molar refractivity (Wildman–Crippen MR) is 354 cm³/mol. The van der Waals surface area contributed by atoms with Crippen molar-refractivity contribution < 1.29 is 81.0 Å². The molecule has 6 rings (SSSR count). The minimum atomic E-state index is -0.638. The van der Waals surface area contributed by atoms with Crippen LogP contribution in [0.2, 0.25) is 0 Å². The summed E-state index contributed by atoms with van der Waals surface area (Å²) in [4.78, 5) is 126. The number of ether oxygens (including phenoxy) is 8. The maximum atomic E-state index is 13.3. The van der Waals surface area contributed by atoms with Crippen LogP contribution in [0, 0.1) is 0 Å². The van der Waals surface area contributed by atoms with E-state index in [1.807, 2.05) is 36.4 Å². The SMILES string of the molecule is CC(=O)Nc1ccc(/C=C/COCCOCCOCCOCCOCCOCCOCCOCCNC(=O)CCNC(=O)c2nc(NC(=O)CCNC(=O)c3cc(NC(=O)c4nc(NC(=O)CCNC(=O)c5cc(NC(=O)c6nccn6C)cn5C)cn4C)cn3C)cn2C)cc1. The Labute approximate surface area is 560 Å². The zero-order valence-electron chi connectivity index (χ0n) is 55.4. The average molecular weight is 1350 g/mol. The number of rotatable bonds is 46. The van der Waals surface area contributed by atoms with Crippen LogP contribution in [0.3, 0.4) is 0 Å². The average Bonchev–Trinajstić information content (AvgIpc) is 1.73. The highest BCUT2D eigenvalue weighted by atomic mass is 16.6. The van der Waals surface area contributed by atoms with Gasteiger partial charge in [-0.25, -0.2) is 15.0 Å². The number of amides is 9. The summed E-state index contributed by atoms with van der Waals surface area (Å²) in [5, 5.41) is 24.0. The number of hydrogen-bond donors (Lipinski definition) is 9. The summed E-state index contributed by atoms with van der Waals surface area (Å²) >= 11 is 0. The lowest BCUT2D eigenvalue weighted by Crippen LogP contribution is -2.33. The number of imidazole rings is 3. The number of carbonyl (C=O) groups is 9. The molecule has 34 heteroatoms. The number of nitrogens with one attached hydrogen (secondary N) is 9. The molecule has 0 bridgehead atoms. The van der Waals surface area contributed by atoms with Crippen LogP contribution in [-0.2, 0) is 92.3 Å². The highest BCUT2D eigenvalue weighted by Gasteiger charge is 2.21. The molecule has 0 aliphatic rings. The first-order valence-corrected chi connectivity index (χ1v) is 31.2. The molecule has 0 aliphatic heterocycles. The van der Waals surface area contributed by atoms with Gasteiger partial charge in [-0.15, -0.1) is 0 Å². The van der Waals surface area contributed by atoms with Gasteiger partial charge in [-0.05, 0) is 29.8 Å². The van der Waals surface area contributed by atoms with Crippen molar-refractivity contribution in [2.45, 2.75) is 26.2 Å². The van der Waals surface area contributed by atoms with E-state index in [9.17, 15) is 43.2 Å². The minimum Gasteiger partial charge on any atom is -0.377 e. The molecule has 0 aliphatic carbocycles. The van der Waals surface area contributed by atoms with Gasteiger partial charge < -0.3 is 109 Å². The molecule has 0 saturated carbocycles. The molecule has 1 aromatic carbocycles. The lowest BCUT2D eigenvalue weighted by Gasteiger charge is -2.09. The van der Waals surface area contributed by atoms with Gasteiger partial charge in [0.05, 0.1) is 117 Å². The number of anilines is 5. The van der Waals surface area contributed by atoms with Gasteiger partial charge in [0.15, 0.2) is 17.5 Å². The van der Waals surface area contributed by atoms with E-state index in [1.165, 1.54) is 62.1 Å². The highest BCUT2D eigenvalue weighted by Crippen LogP contribution is 2.18. The number of aryl methyl sites for hydroxylation is 5. The second-order valence-corrected chi connectivity index (χ2v) is 21.4. The van der Waals surface area contributed by atoms with Crippen molar-refractivity contribution in [1.82, 2.24) is 59.1 Å². The van der Waals surface area contributed by atoms with Crippen molar-refractivity contribution in [3.63, 3.8) is 0 Å². The Bertz CT molecular complexity index is 3550. The van der Waals surface area contributed by atoms with Crippen molar-refractivity contribution in [2.24, 2.45) is 35.2 Å². The molecule has 0 unspecified atom stereocenters. The second kappa shape index (κ2) is 41.8. The lowest BCUT2D eigenvalue weighted by atomic mass is 10.2. The third-order valence-corrected chi connectivity index (χ3v) is 13.6. The van der Waals surface area contributed by atoms with Crippen LogP contribution in [0.4, 0.5) is 28.7 Å². The third kappa shape index (κ3) is 28.1. The van der Waals surface area contributed by atoms with Crippen molar-refractivity contribution in [1.29, 1.82) is 0 Å².